The number of aromatic nitrogens is 2. The number of piperidine rings is 1. The van der Waals surface area contributed by atoms with Gasteiger partial charge in [0.25, 0.3) is 0 Å². The van der Waals surface area contributed by atoms with Crippen molar-refractivity contribution in [2.75, 3.05) is 13.1 Å². The van der Waals surface area contributed by atoms with Crippen molar-refractivity contribution in [3.63, 3.8) is 0 Å². The van der Waals surface area contributed by atoms with Crippen molar-refractivity contribution in [1.29, 1.82) is 0 Å². The minimum atomic E-state index is 0.649. The third-order valence-corrected chi connectivity index (χ3v) is 4.72. The van der Waals surface area contributed by atoms with E-state index in [1.54, 1.807) is 0 Å². The van der Waals surface area contributed by atoms with Gasteiger partial charge in [-0.05, 0) is 51.6 Å². The van der Waals surface area contributed by atoms with Gasteiger partial charge in [0.15, 0.2) is 0 Å². The minimum Gasteiger partial charge on any atom is -0.331 e. The molecule has 3 heteroatoms. The van der Waals surface area contributed by atoms with Gasteiger partial charge in [0.05, 0.1) is 6.33 Å². The average Bonchev–Trinajstić information content (AvgIpc) is 2.76. The first-order valence-corrected chi connectivity index (χ1v) is 7.08. The van der Waals surface area contributed by atoms with Crippen LogP contribution in [0.4, 0.5) is 0 Å². The summed E-state index contributed by atoms with van der Waals surface area (Å²) in [5, 5.41) is 3.44. The molecule has 2 heterocycles. The van der Waals surface area contributed by atoms with Gasteiger partial charge in [-0.15, -0.1) is 0 Å². The van der Waals surface area contributed by atoms with Crippen LogP contribution in [0.5, 0.6) is 0 Å². The highest BCUT2D eigenvalue weighted by atomic mass is 15.1. The molecule has 94 valence electrons. The molecule has 1 aliphatic carbocycles. The van der Waals surface area contributed by atoms with E-state index in [0.29, 0.717) is 6.04 Å². The maximum absolute atomic E-state index is 4.40. The van der Waals surface area contributed by atoms with Crippen molar-refractivity contribution in [3.8, 4) is 0 Å². The van der Waals surface area contributed by atoms with Crippen molar-refractivity contribution >= 4 is 0 Å². The zero-order chi connectivity index (χ0) is 11.7. The Balaban J connectivity index is 1.77. The number of hydrogen-bond donors (Lipinski definition) is 1. The van der Waals surface area contributed by atoms with Crippen LogP contribution in [0.1, 0.15) is 56.7 Å². The van der Waals surface area contributed by atoms with E-state index in [4.69, 9.17) is 0 Å². The molecule has 3 rings (SSSR count). The van der Waals surface area contributed by atoms with Crippen molar-refractivity contribution in [2.24, 2.45) is 5.92 Å². The molecule has 0 spiro atoms. The summed E-state index contributed by atoms with van der Waals surface area (Å²) < 4.78 is 2.46. The van der Waals surface area contributed by atoms with E-state index in [2.05, 4.69) is 34.3 Å². The Hall–Kier alpha value is -0.830. The fraction of sp³-hybridized carbons (Fsp3) is 0.786. The van der Waals surface area contributed by atoms with Gasteiger partial charge in [-0.1, -0.05) is 6.42 Å². The standard InChI is InChI=1S/C14H23N3/c1-11(12-3-2-4-12)17-10-16-9-14(17)13-5-7-15-8-6-13/h9-13,15H,2-8H2,1H3. The number of rotatable bonds is 3. The second kappa shape index (κ2) is 4.81. The normalized spacial score (nSPS) is 24.5. The third-order valence-electron chi connectivity index (χ3n) is 4.72. The van der Waals surface area contributed by atoms with Gasteiger partial charge in [0.2, 0.25) is 0 Å². The maximum Gasteiger partial charge on any atom is 0.0950 e. The predicted octanol–water partition coefficient (Wildman–Crippen LogP) is 2.71. The van der Waals surface area contributed by atoms with Crippen LogP contribution in [0.3, 0.4) is 0 Å². The highest BCUT2D eigenvalue weighted by Gasteiger charge is 2.28. The van der Waals surface area contributed by atoms with Crippen LogP contribution in [0.25, 0.3) is 0 Å². The Labute approximate surface area is 104 Å². The molecule has 0 radical (unpaired) electrons. The van der Waals surface area contributed by atoms with Gasteiger partial charge in [-0.2, -0.15) is 0 Å². The number of hydrogen-bond acceptors (Lipinski definition) is 2. The molecule has 1 saturated carbocycles. The third kappa shape index (κ3) is 2.13. The van der Waals surface area contributed by atoms with Crippen molar-refractivity contribution in [1.82, 2.24) is 14.9 Å². The van der Waals surface area contributed by atoms with Gasteiger partial charge in [-0.25, -0.2) is 4.98 Å². The summed E-state index contributed by atoms with van der Waals surface area (Å²) in [5.41, 5.74) is 1.48. The predicted molar refractivity (Wildman–Crippen MR) is 69.1 cm³/mol. The molecule has 0 amide bonds. The molecule has 2 fully saturated rings. The molecule has 1 aliphatic heterocycles. The monoisotopic (exact) mass is 233 g/mol. The van der Waals surface area contributed by atoms with E-state index in [1.165, 1.54) is 37.8 Å². The van der Waals surface area contributed by atoms with E-state index >= 15 is 0 Å². The Morgan fingerprint density at radius 1 is 1.29 bits per heavy atom. The molecule has 1 unspecified atom stereocenters. The molecule has 1 atom stereocenters. The number of nitrogens with one attached hydrogen (secondary N) is 1. The molecule has 0 bridgehead atoms. The molecule has 2 aliphatic rings. The Kier molecular flexibility index (Phi) is 3.19. The number of nitrogens with zero attached hydrogens (tertiary/aromatic N) is 2. The Bertz CT molecular complexity index is 345. The molecular formula is C14H23N3. The lowest BCUT2D eigenvalue weighted by Gasteiger charge is -2.34. The van der Waals surface area contributed by atoms with Crippen molar-refractivity contribution in [2.45, 2.75) is 51.0 Å². The van der Waals surface area contributed by atoms with Gasteiger partial charge >= 0.3 is 0 Å². The number of imidazole rings is 1. The summed E-state index contributed by atoms with van der Waals surface area (Å²) in [5.74, 6) is 1.62. The van der Waals surface area contributed by atoms with Crippen LogP contribution in [0.15, 0.2) is 12.5 Å². The summed E-state index contributed by atoms with van der Waals surface area (Å²) in [4.78, 5) is 4.40. The van der Waals surface area contributed by atoms with Gasteiger partial charge in [0.1, 0.15) is 0 Å². The van der Waals surface area contributed by atoms with Crippen molar-refractivity contribution in [3.05, 3.63) is 18.2 Å². The van der Waals surface area contributed by atoms with Crippen molar-refractivity contribution < 1.29 is 0 Å². The Morgan fingerprint density at radius 3 is 2.71 bits per heavy atom. The summed E-state index contributed by atoms with van der Waals surface area (Å²) >= 11 is 0. The van der Waals surface area contributed by atoms with E-state index < -0.39 is 0 Å². The van der Waals surface area contributed by atoms with Crippen LogP contribution in [0, 0.1) is 5.92 Å². The molecule has 1 saturated heterocycles. The fourth-order valence-electron chi connectivity index (χ4n) is 3.24. The quantitative estimate of drug-likeness (QED) is 0.870. The minimum absolute atomic E-state index is 0.649. The van der Waals surface area contributed by atoms with Gasteiger partial charge in [-0.3, -0.25) is 0 Å². The smallest absolute Gasteiger partial charge is 0.0950 e. The molecule has 1 aromatic heterocycles. The summed E-state index contributed by atoms with van der Waals surface area (Å²) in [6.07, 6.45) is 10.9. The molecule has 17 heavy (non-hydrogen) atoms. The summed E-state index contributed by atoms with van der Waals surface area (Å²) in [7, 11) is 0. The van der Waals surface area contributed by atoms with E-state index in [0.717, 1.165) is 24.9 Å². The first-order chi connectivity index (χ1) is 8.36. The first-order valence-electron chi connectivity index (χ1n) is 7.08. The van der Waals surface area contributed by atoms with Crippen LogP contribution in [-0.2, 0) is 0 Å². The average molecular weight is 233 g/mol. The zero-order valence-electron chi connectivity index (χ0n) is 10.7. The van der Waals surface area contributed by atoms with E-state index in [-0.39, 0.29) is 0 Å². The maximum atomic E-state index is 4.40. The molecule has 1 N–H and O–H groups in total. The second-order valence-corrected chi connectivity index (χ2v) is 5.68. The molecule has 1 aromatic rings. The fourth-order valence-corrected chi connectivity index (χ4v) is 3.24. The SMILES string of the molecule is CC(C1CCC1)n1cncc1C1CCNCC1. The van der Waals surface area contributed by atoms with Gasteiger partial charge in [0, 0.05) is 23.9 Å². The Morgan fingerprint density at radius 2 is 2.06 bits per heavy atom. The first kappa shape index (κ1) is 11.3. The van der Waals surface area contributed by atoms with Crippen LogP contribution in [0.2, 0.25) is 0 Å². The van der Waals surface area contributed by atoms with Crippen LogP contribution < -0.4 is 5.32 Å². The zero-order valence-corrected chi connectivity index (χ0v) is 10.7. The molecule has 0 aromatic carbocycles. The molecule has 3 nitrogen and oxygen atoms in total. The van der Waals surface area contributed by atoms with Gasteiger partial charge < -0.3 is 9.88 Å². The van der Waals surface area contributed by atoms with E-state index in [1.807, 2.05) is 0 Å². The lowest BCUT2D eigenvalue weighted by molar-refractivity contribution is 0.216. The second-order valence-electron chi connectivity index (χ2n) is 5.68. The summed E-state index contributed by atoms with van der Waals surface area (Å²) in [6, 6.07) is 0.649. The van der Waals surface area contributed by atoms with Crippen LogP contribution in [-0.4, -0.2) is 22.6 Å². The highest BCUT2D eigenvalue weighted by Crippen LogP contribution is 2.38. The topological polar surface area (TPSA) is 29.9 Å². The molecular weight excluding hydrogens is 210 g/mol. The van der Waals surface area contributed by atoms with Crippen LogP contribution >= 0.6 is 0 Å². The summed E-state index contributed by atoms with van der Waals surface area (Å²) in [6.45, 7) is 4.69. The largest absolute Gasteiger partial charge is 0.331 e. The van der Waals surface area contributed by atoms with E-state index in [9.17, 15) is 0 Å². The lowest BCUT2D eigenvalue weighted by atomic mass is 9.80. The highest BCUT2D eigenvalue weighted by molar-refractivity contribution is 5.09. The lowest BCUT2D eigenvalue weighted by Crippen LogP contribution is -2.29.